The SMILES string of the molecule is CCNC(=NCC(=O)NC(C)(C)C)NCC(C)Oc1ccccc1OC.I. The van der Waals surface area contributed by atoms with Gasteiger partial charge in [-0.2, -0.15) is 0 Å². The normalized spacial score (nSPS) is 12.4. The molecule has 0 aromatic heterocycles. The third-order valence-electron chi connectivity index (χ3n) is 3.19. The molecule has 0 radical (unpaired) electrons. The predicted octanol–water partition coefficient (Wildman–Crippen LogP) is 2.55. The zero-order valence-electron chi connectivity index (χ0n) is 17.1. The third kappa shape index (κ3) is 10.9. The zero-order valence-corrected chi connectivity index (χ0v) is 19.4. The Morgan fingerprint density at radius 1 is 1.19 bits per heavy atom. The molecule has 1 unspecified atom stereocenters. The number of halogens is 1. The van der Waals surface area contributed by atoms with Crippen molar-refractivity contribution >= 4 is 35.8 Å². The van der Waals surface area contributed by atoms with Gasteiger partial charge in [-0.15, -0.1) is 24.0 Å². The first-order valence-electron chi connectivity index (χ1n) is 8.88. The number of amides is 1. The first kappa shape index (κ1) is 25.3. The second kappa shape index (κ2) is 12.6. The van der Waals surface area contributed by atoms with Crippen LogP contribution in [-0.4, -0.2) is 50.3 Å². The summed E-state index contributed by atoms with van der Waals surface area (Å²) in [6.07, 6.45) is -0.112. The van der Waals surface area contributed by atoms with Gasteiger partial charge in [-0.05, 0) is 46.8 Å². The van der Waals surface area contributed by atoms with Gasteiger partial charge in [0, 0.05) is 12.1 Å². The number of rotatable bonds is 8. The molecule has 0 fully saturated rings. The fourth-order valence-corrected chi connectivity index (χ4v) is 2.17. The summed E-state index contributed by atoms with van der Waals surface area (Å²) in [6, 6.07) is 7.52. The minimum Gasteiger partial charge on any atom is -0.493 e. The van der Waals surface area contributed by atoms with Crippen molar-refractivity contribution < 1.29 is 14.3 Å². The molecule has 0 aliphatic rings. The molecule has 0 saturated carbocycles. The molecule has 0 aliphatic heterocycles. The maximum atomic E-state index is 11.9. The highest BCUT2D eigenvalue weighted by Gasteiger charge is 2.13. The Hall–Kier alpha value is -1.71. The van der Waals surface area contributed by atoms with Gasteiger partial charge in [0.15, 0.2) is 17.5 Å². The van der Waals surface area contributed by atoms with Crippen LogP contribution in [0.2, 0.25) is 0 Å². The van der Waals surface area contributed by atoms with Crippen molar-refractivity contribution in [1.29, 1.82) is 0 Å². The Morgan fingerprint density at radius 2 is 1.81 bits per heavy atom. The van der Waals surface area contributed by atoms with Crippen molar-refractivity contribution in [1.82, 2.24) is 16.0 Å². The molecular formula is C19H33IN4O3. The van der Waals surface area contributed by atoms with Gasteiger partial charge in [-0.1, -0.05) is 12.1 Å². The summed E-state index contributed by atoms with van der Waals surface area (Å²) in [6.45, 7) is 11.0. The van der Waals surface area contributed by atoms with E-state index in [1.54, 1.807) is 7.11 Å². The van der Waals surface area contributed by atoms with Crippen LogP contribution in [0.1, 0.15) is 34.6 Å². The van der Waals surface area contributed by atoms with E-state index in [4.69, 9.17) is 9.47 Å². The number of ether oxygens (including phenoxy) is 2. The largest absolute Gasteiger partial charge is 0.493 e. The van der Waals surface area contributed by atoms with E-state index >= 15 is 0 Å². The van der Waals surface area contributed by atoms with Gasteiger partial charge in [-0.3, -0.25) is 4.79 Å². The van der Waals surface area contributed by atoms with Crippen LogP contribution >= 0.6 is 24.0 Å². The van der Waals surface area contributed by atoms with Crippen LogP contribution < -0.4 is 25.4 Å². The van der Waals surface area contributed by atoms with Crippen LogP contribution in [0.4, 0.5) is 0 Å². The second-order valence-corrected chi connectivity index (χ2v) is 6.95. The Morgan fingerprint density at radius 3 is 2.37 bits per heavy atom. The third-order valence-corrected chi connectivity index (χ3v) is 3.19. The molecule has 1 rings (SSSR count). The van der Waals surface area contributed by atoms with E-state index in [1.807, 2.05) is 58.9 Å². The smallest absolute Gasteiger partial charge is 0.242 e. The van der Waals surface area contributed by atoms with Crippen LogP contribution in [0.15, 0.2) is 29.3 Å². The molecule has 3 N–H and O–H groups in total. The van der Waals surface area contributed by atoms with E-state index in [-0.39, 0.29) is 48.1 Å². The summed E-state index contributed by atoms with van der Waals surface area (Å²) in [4.78, 5) is 16.2. The van der Waals surface area contributed by atoms with E-state index in [9.17, 15) is 4.79 Å². The van der Waals surface area contributed by atoms with Crippen molar-refractivity contribution in [3.8, 4) is 11.5 Å². The lowest BCUT2D eigenvalue weighted by molar-refractivity contribution is -0.121. The van der Waals surface area contributed by atoms with Gasteiger partial charge >= 0.3 is 0 Å². The zero-order chi connectivity index (χ0) is 19.6. The molecular weight excluding hydrogens is 459 g/mol. The molecule has 7 nitrogen and oxygen atoms in total. The summed E-state index contributed by atoms with van der Waals surface area (Å²) in [5.41, 5.74) is -0.268. The quantitative estimate of drug-likeness (QED) is 0.295. The van der Waals surface area contributed by atoms with Crippen molar-refractivity contribution in [2.75, 3.05) is 26.7 Å². The van der Waals surface area contributed by atoms with Gasteiger partial charge in [0.25, 0.3) is 0 Å². The van der Waals surface area contributed by atoms with Gasteiger partial charge in [0.05, 0.1) is 13.7 Å². The van der Waals surface area contributed by atoms with Gasteiger partial charge in [-0.25, -0.2) is 4.99 Å². The number of hydrogen-bond donors (Lipinski definition) is 3. The second-order valence-electron chi connectivity index (χ2n) is 6.95. The van der Waals surface area contributed by atoms with Crippen LogP contribution in [0.25, 0.3) is 0 Å². The molecule has 1 aromatic rings. The molecule has 0 heterocycles. The fraction of sp³-hybridized carbons (Fsp3) is 0.579. The predicted molar refractivity (Wildman–Crippen MR) is 120 cm³/mol. The van der Waals surface area contributed by atoms with Crippen LogP contribution in [0, 0.1) is 0 Å². The number of methoxy groups -OCH3 is 1. The Balaban J connectivity index is 0.00000676. The lowest BCUT2D eigenvalue weighted by Gasteiger charge is -2.20. The number of para-hydroxylation sites is 2. The first-order chi connectivity index (χ1) is 12.2. The molecule has 27 heavy (non-hydrogen) atoms. The molecule has 0 spiro atoms. The summed E-state index contributed by atoms with van der Waals surface area (Å²) in [5, 5.41) is 9.20. The first-order valence-corrected chi connectivity index (χ1v) is 8.88. The van der Waals surface area contributed by atoms with Crippen LogP contribution in [0.5, 0.6) is 11.5 Å². The van der Waals surface area contributed by atoms with Gasteiger partial charge in [0.1, 0.15) is 12.6 Å². The molecule has 1 aromatic carbocycles. The van der Waals surface area contributed by atoms with Gasteiger partial charge in [0.2, 0.25) is 5.91 Å². The standard InChI is InChI=1S/C19H32N4O3.HI/c1-7-20-18(22-13-17(24)23-19(3,4)5)21-12-14(2)26-16-11-9-8-10-15(16)25-6;/h8-11,14H,7,12-13H2,1-6H3,(H,23,24)(H2,20,21,22);1H. The maximum Gasteiger partial charge on any atom is 0.242 e. The van der Waals surface area contributed by atoms with E-state index < -0.39 is 0 Å². The summed E-state index contributed by atoms with van der Waals surface area (Å²) in [7, 11) is 1.61. The fourth-order valence-electron chi connectivity index (χ4n) is 2.17. The Kier molecular flexibility index (Phi) is 11.8. The number of guanidine groups is 1. The number of carbonyl (C=O) groups excluding carboxylic acids is 1. The number of hydrogen-bond acceptors (Lipinski definition) is 4. The lowest BCUT2D eigenvalue weighted by Crippen LogP contribution is -2.44. The highest BCUT2D eigenvalue weighted by atomic mass is 127. The molecule has 154 valence electrons. The number of aliphatic imine (C=N–C) groups is 1. The Labute approximate surface area is 179 Å². The van der Waals surface area contributed by atoms with Crippen molar-refractivity contribution in [2.24, 2.45) is 4.99 Å². The molecule has 8 heteroatoms. The average molecular weight is 492 g/mol. The summed E-state index contributed by atoms with van der Waals surface area (Å²) < 4.78 is 11.2. The molecule has 1 amide bonds. The monoisotopic (exact) mass is 492 g/mol. The molecule has 1 atom stereocenters. The number of carbonyl (C=O) groups is 1. The van der Waals surface area contributed by atoms with E-state index in [0.717, 1.165) is 0 Å². The van der Waals surface area contributed by atoms with Crippen LogP contribution in [-0.2, 0) is 4.79 Å². The maximum absolute atomic E-state index is 11.9. The Bertz CT molecular complexity index is 603. The van der Waals surface area contributed by atoms with Crippen molar-refractivity contribution in [3.63, 3.8) is 0 Å². The molecule has 0 saturated heterocycles. The highest BCUT2D eigenvalue weighted by molar-refractivity contribution is 14.0. The average Bonchev–Trinajstić information content (AvgIpc) is 2.56. The van der Waals surface area contributed by atoms with E-state index in [0.29, 0.717) is 30.5 Å². The molecule has 0 bridgehead atoms. The van der Waals surface area contributed by atoms with Crippen molar-refractivity contribution in [2.45, 2.75) is 46.3 Å². The minimum absolute atomic E-state index is 0. The van der Waals surface area contributed by atoms with E-state index in [1.165, 1.54) is 0 Å². The van der Waals surface area contributed by atoms with Crippen molar-refractivity contribution in [3.05, 3.63) is 24.3 Å². The number of nitrogens with one attached hydrogen (secondary N) is 3. The number of nitrogens with zero attached hydrogens (tertiary/aromatic N) is 1. The highest BCUT2D eigenvalue weighted by Crippen LogP contribution is 2.26. The lowest BCUT2D eigenvalue weighted by atomic mass is 10.1. The number of benzene rings is 1. The van der Waals surface area contributed by atoms with Gasteiger partial charge < -0.3 is 25.4 Å². The topological polar surface area (TPSA) is 84.0 Å². The summed E-state index contributed by atoms with van der Waals surface area (Å²) >= 11 is 0. The van der Waals surface area contributed by atoms with E-state index in [2.05, 4.69) is 20.9 Å². The minimum atomic E-state index is -0.268. The molecule has 0 aliphatic carbocycles. The summed E-state index contributed by atoms with van der Waals surface area (Å²) in [5.74, 6) is 1.84. The van der Waals surface area contributed by atoms with Crippen LogP contribution in [0.3, 0.4) is 0 Å².